The van der Waals surface area contributed by atoms with Crippen molar-refractivity contribution in [2.24, 2.45) is 5.92 Å². The molecule has 0 aliphatic carbocycles. The molecular weight excluding hydrogens is 233 g/mol. The molecule has 2 unspecified atom stereocenters. The van der Waals surface area contributed by atoms with Crippen LogP contribution in [0.4, 0.5) is 4.39 Å². The van der Waals surface area contributed by atoms with Gasteiger partial charge < -0.3 is 5.32 Å². The minimum absolute atomic E-state index is 0.0487. The standard InChI is InChI=1S/C14H20FNS/c1-3-7-16-14-10(2)8-17-9-12-11(14)5-4-6-13(12)15/h4-6,10,14,16H,3,7-9H2,1-2H3. The van der Waals surface area contributed by atoms with Gasteiger partial charge in [-0.1, -0.05) is 26.0 Å². The SMILES string of the molecule is CCCNC1c2cccc(F)c2CSCC1C. The molecule has 2 rings (SSSR count). The Bertz CT molecular complexity index is 380. The van der Waals surface area contributed by atoms with Gasteiger partial charge in [0.15, 0.2) is 0 Å². The van der Waals surface area contributed by atoms with Crippen molar-refractivity contribution in [1.29, 1.82) is 0 Å². The van der Waals surface area contributed by atoms with Crippen molar-refractivity contribution in [3.63, 3.8) is 0 Å². The van der Waals surface area contributed by atoms with E-state index in [1.54, 1.807) is 6.07 Å². The normalized spacial score (nSPS) is 24.2. The summed E-state index contributed by atoms with van der Waals surface area (Å²) in [4.78, 5) is 0. The van der Waals surface area contributed by atoms with Crippen LogP contribution in [0.5, 0.6) is 0 Å². The van der Waals surface area contributed by atoms with Crippen LogP contribution in [0.1, 0.15) is 37.4 Å². The van der Waals surface area contributed by atoms with Gasteiger partial charge in [-0.2, -0.15) is 11.8 Å². The van der Waals surface area contributed by atoms with Crippen molar-refractivity contribution in [2.45, 2.75) is 32.1 Å². The van der Waals surface area contributed by atoms with Crippen molar-refractivity contribution < 1.29 is 4.39 Å². The fraction of sp³-hybridized carbons (Fsp3) is 0.571. The Morgan fingerprint density at radius 1 is 1.47 bits per heavy atom. The van der Waals surface area contributed by atoms with Gasteiger partial charge in [0.2, 0.25) is 0 Å². The molecule has 0 bridgehead atoms. The molecular formula is C14H20FNS. The molecule has 0 radical (unpaired) electrons. The number of hydrogen-bond donors (Lipinski definition) is 1. The Kier molecular flexibility index (Phi) is 4.46. The topological polar surface area (TPSA) is 12.0 Å². The Hall–Kier alpha value is -0.540. The molecule has 0 spiro atoms. The van der Waals surface area contributed by atoms with Gasteiger partial charge in [-0.25, -0.2) is 4.39 Å². The summed E-state index contributed by atoms with van der Waals surface area (Å²) in [6.45, 7) is 5.41. The van der Waals surface area contributed by atoms with Crippen LogP contribution in [0.3, 0.4) is 0 Å². The number of nitrogens with one attached hydrogen (secondary N) is 1. The number of hydrogen-bond acceptors (Lipinski definition) is 2. The highest BCUT2D eigenvalue weighted by Gasteiger charge is 2.25. The summed E-state index contributed by atoms with van der Waals surface area (Å²) >= 11 is 1.84. The van der Waals surface area contributed by atoms with E-state index >= 15 is 0 Å². The van der Waals surface area contributed by atoms with Crippen molar-refractivity contribution in [2.75, 3.05) is 12.3 Å². The van der Waals surface area contributed by atoms with E-state index in [4.69, 9.17) is 0 Å². The molecule has 1 heterocycles. The molecule has 2 atom stereocenters. The van der Waals surface area contributed by atoms with Crippen LogP contribution in [-0.2, 0) is 5.75 Å². The molecule has 1 nitrogen and oxygen atoms in total. The summed E-state index contributed by atoms with van der Waals surface area (Å²) in [5, 5.41) is 3.56. The molecule has 1 aromatic rings. The minimum Gasteiger partial charge on any atom is -0.310 e. The van der Waals surface area contributed by atoms with Crippen LogP contribution < -0.4 is 5.32 Å². The van der Waals surface area contributed by atoms with Gasteiger partial charge in [0.1, 0.15) is 5.82 Å². The fourth-order valence-corrected chi connectivity index (χ4v) is 3.57. The Labute approximate surface area is 107 Å². The predicted molar refractivity (Wildman–Crippen MR) is 72.8 cm³/mol. The second-order valence-electron chi connectivity index (χ2n) is 4.73. The average Bonchev–Trinajstić information content (AvgIpc) is 2.47. The Balaban J connectivity index is 2.33. The van der Waals surface area contributed by atoms with Crippen LogP contribution in [0.25, 0.3) is 0 Å². The molecule has 0 saturated heterocycles. The van der Waals surface area contributed by atoms with Crippen molar-refractivity contribution in [3.05, 3.63) is 35.1 Å². The zero-order valence-corrected chi connectivity index (χ0v) is 11.3. The monoisotopic (exact) mass is 253 g/mol. The van der Waals surface area contributed by atoms with Gasteiger partial charge in [0, 0.05) is 17.4 Å². The molecule has 1 aliphatic rings. The molecule has 1 N–H and O–H groups in total. The van der Waals surface area contributed by atoms with E-state index in [0.29, 0.717) is 12.0 Å². The Morgan fingerprint density at radius 3 is 3.06 bits per heavy atom. The molecule has 1 aromatic carbocycles. The molecule has 0 aromatic heterocycles. The number of fused-ring (bicyclic) bond motifs is 1. The summed E-state index contributed by atoms with van der Waals surface area (Å²) in [7, 11) is 0. The molecule has 0 fully saturated rings. The maximum absolute atomic E-state index is 13.8. The predicted octanol–water partition coefficient (Wildman–Crippen LogP) is 3.75. The minimum atomic E-state index is -0.0487. The summed E-state index contributed by atoms with van der Waals surface area (Å²) in [6, 6.07) is 5.79. The fourth-order valence-electron chi connectivity index (χ4n) is 2.38. The van der Waals surface area contributed by atoms with Gasteiger partial charge in [-0.05, 0) is 36.3 Å². The van der Waals surface area contributed by atoms with E-state index in [9.17, 15) is 4.39 Å². The zero-order valence-electron chi connectivity index (χ0n) is 10.5. The van der Waals surface area contributed by atoms with Gasteiger partial charge >= 0.3 is 0 Å². The van der Waals surface area contributed by atoms with Crippen LogP contribution in [-0.4, -0.2) is 12.3 Å². The molecule has 0 saturated carbocycles. The first kappa shape index (κ1) is 12.9. The molecule has 94 valence electrons. The quantitative estimate of drug-likeness (QED) is 0.880. The third kappa shape index (κ3) is 2.83. The van der Waals surface area contributed by atoms with Crippen LogP contribution in [0.15, 0.2) is 18.2 Å². The number of thioether (sulfide) groups is 1. The second-order valence-corrected chi connectivity index (χ2v) is 5.76. The van der Waals surface area contributed by atoms with E-state index in [1.165, 1.54) is 0 Å². The largest absolute Gasteiger partial charge is 0.310 e. The number of rotatable bonds is 3. The van der Waals surface area contributed by atoms with E-state index < -0.39 is 0 Å². The van der Waals surface area contributed by atoms with Crippen LogP contribution >= 0.6 is 11.8 Å². The van der Waals surface area contributed by atoms with Gasteiger partial charge in [-0.15, -0.1) is 0 Å². The lowest BCUT2D eigenvalue weighted by Gasteiger charge is -2.24. The lowest BCUT2D eigenvalue weighted by Crippen LogP contribution is -2.28. The highest BCUT2D eigenvalue weighted by Crippen LogP contribution is 2.35. The van der Waals surface area contributed by atoms with Crippen molar-refractivity contribution >= 4 is 11.8 Å². The van der Waals surface area contributed by atoms with Crippen LogP contribution in [0.2, 0.25) is 0 Å². The van der Waals surface area contributed by atoms with Crippen molar-refractivity contribution in [1.82, 2.24) is 5.32 Å². The molecule has 3 heteroatoms. The van der Waals surface area contributed by atoms with E-state index in [-0.39, 0.29) is 5.82 Å². The van der Waals surface area contributed by atoms with E-state index in [0.717, 1.165) is 35.6 Å². The van der Waals surface area contributed by atoms with E-state index in [2.05, 4.69) is 25.2 Å². The van der Waals surface area contributed by atoms with Crippen molar-refractivity contribution in [3.8, 4) is 0 Å². The highest BCUT2D eigenvalue weighted by molar-refractivity contribution is 7.98. The van der Waals surface area contributed by atoms with Gasteiger partial charge in [-0.3, -0.25) is 0 Å². The number of halogens is 1. The van der Waals surface area contributed by atoms with E-state index in [1.807, 2.05) is 17.8 Å². The molecule has 0 amide bonds. The third-order valence-corrected chi connectivity index (χ3v) is 4.55. The maximum Gasteiger partial charge on any atom is 0.127 e. The first-order valence-electron chi connectivity index (χ1n) is 6.32. The smallest absolute Gasteiger partial charge is 0.127 e. The average molecular weight is 253 g/mol. The Morgan fingerprint density at radius 2 is 2.29 bits per heavy atom. The first-order valence-corrected chi connectivity index (χ1v) is 7.48. The summed E-state index contributed by atoms with van der Waals surface area (Å²) in [5.41, 5.74) is 2.06. The summed E-state index contributed by atoms with van der Waals surface area (Å²) in [6.07, 6.45) is 1.11. The lowest BCUT2D eigenvalue weighted by atomic mass is 9.92. The second kappa shape index (κ2) is 5.87. The zero-order chi connectivity index (χ0) is 12.3. The summed E-state index contributed by atoms with van der Waals surface area (Å²) < 4.78 is 13.8. The highest BCUT2D eigenvalue weighted by atomic mass is 32.2. The third-order valence-electron chi connectivity index (χ3n) is 3.30. The van der Waals surface area contributed by atoms with Gasteiger partial charge in [0.05, 0.1) is 0 Å². The first-order chi connectivity index (χ1) is 8.24. The number of benzene rings is 1. The maximum atomic E-state index is 13.8. The van der Waals surface area contributed by atoms with Crippen LogP contribution in [0, 0.1) is 11.7 Å². The molecule has 17 heavy (non-hydrogen) atoms. The summed E-state index contributed by atoms with van der Waals surface area (Å²) in [5.74, 6) is 2.40. The lowest BCUT2D eigenvalue weighted by molar-refractivity contribution is 0.417. The van der Waals surface area contributed by atoms with Gasteiger partial charge in [0.25, 0.3) is 0 Å². The molecule has 1 aliphatic heterocycles.